The van der Waals surface area contributed by atoms with E-state index in [2.05, 4.69) is 9.97 Å². The lowest BCUT2D eigenvalue weighted by molar-refractivity contribution is -0.384. The van der Waals surface area contributed by atoms with Crippen LogP contribution in [-0.4, -0.2) is 25.7 Å². The molecule has 1 aliphatic heterocycles. The zero-order valence-electron chi connectivity index (χ0n) is 10.4. The standard InChI is InChI=1S/C13H10N4O3/c18-13(9-2-1-3-11(4-9)17(19)20)16-6-10-5-14-8-15-12(10)7-16/h1-5,8H,6-7H2. The number of hydrogen-bond donors (Lipinski definition) is 0. The summed E-state index contributed by atoms with van der Waals surface area (Å²) >= 11 is 0. The van der Waals surface area contributed by atoms with E-state index in [1.54, 1.807) is 17.2 Å². The fourth-order valence-electron chi connectivity index (χ4n) is 2.18. The summed E-state index contributed by atoms with van der Waals surface area (Å²) in [5.41, 5.74) is 1.94. The van der Waals surface area contributed by atoms with Crippen LogP contribution in [0.4, 0.5) is 5.69 Å². The fraction of sp³-hybridized carbons (Fsp3) is 0.154. The monoisotopic (exact) mass is 270 g/mol. The topological polar surface area (TPSA) is 89.2 Å². The number of non-ortho nitro benzene ring substituents is 1. The molecule has 0 saturated carbocycles. The van der Waals surface area contributed by atoms with Gasteiger partial charge >= 0.3 is 0 Å². The molecule has 0 aliphatic carbocycles. The highest BCUT2D eigenvalue weighted by molar-refractivity contribution is 5.95. The van der Waals surface area contributed by atoms with Gasteiger partial charge in [0, 0.05) is 36.0 Å². The Morgan fingerprint density at radius 2 is 2.20 bits per heavy atom. The van der Waals surface area contributed by atoms with Crippen molar-refractivity contribution in [2.45, 2.75) is 13.1 Å². The molecule has 0 spiro atoms. The summed E-state index contributed by atoms with van der Waals surface area (Å²) in [4.78, 5) is 32.2. The van der Waals surface area contributed by atoms with Gasteiger partial charge in [-0.15, -0.1) is 0 Å². The van der Waals surface area contributed by atoms with Crippen LogP contribution in [-0.2, 0) is 13.1 Å². The van der Waals surface area contributed by atoms with Crippen LogP contribution in [0.5, 0.6) is 0 Å². The van der Waals surface area contributed by atoms with E-state index in [0.29, 0.717) is 18.7 Å². The summed E-state index contributed by atoms with van der Waals surface area (Å²) in [6, 6.07) is 5.73. The van der Waals surface area contributed by atoms with Gasteiger partial charge in [0.1, 0.15) is 6.33 Å². The van der Waals surface area contributed by atoms with Crippen LogP contribution in [0.1, 0.15) is 21.6 Å². The molecule has 3 rings (SSSR count). The molecule has 1 aromatic carbocycles. The molecule has 0 fully saturated rings. The Balaban J connectivity index is 1.85. The van der Waals surface area contributed by atoms with Gasteiger partial charge in [-0.1, -0.05) is 6.07 Å². The Morgan fingerprint density at radius 3 is 2.95 bits per heavy atom. The second-order valence-electron chi connectivity index (χ2n) is 4.46. The molecule has 0 unspecified atom stereocenters. The van der Waals surface area contributed by atoms with Crippen molar-refractivity contribution >= 4 is 11.6 Å². The molecule has 100 valence electrons. The number of amides is 1. The van der Waals surface area contributed by atoms with Crippen molar-refractivity contribution < 1.29 is 9.72 Å². The molecule has 7 heteroatoms. The molecular formula is C13H10N4O3. The van der Waals surface area contributed by atoms with Gasteiger partial charge < -0.3 is 4.90 Å². The molecule has 2 aromatic rings. The molecule has 0 saturated heterocycles. The third kappa shape index (κ3) is 2.09. The predicted molar refractivity (Wildman–Crippen MR) is 68.7 cm³/mol. The zero-order valence-corrected chi connectivity index (χ0v) is 10.4. The Hall–Kier alpha value is -2.83. The molecule has 0 bridgehead atoms. The Kier molecular flexibility index (Phi) is 2.86. The highest BCUT2D eigenvalue weighted by Gasteiger charge is 2.26. The lowest BCUT2D eigenvalue weighted by atomic mass is 10.2. The van der Waals surface area contributed by atoms with Gasteiger partial charge in [-0.2, -0.15) is 0 Å². The van der Waals surface area contributed by atoms with Crippen LogP contribution in [0.2, 0.25) is 0 Å². The quantitative estimate of drug-likeness (QED) is 0.610. The number of aromatic nitrogens is 2. The molecular weight excluding hydrogens is 260 g/mol. The Labute approximate surface area is 114 Å². The molecule has 0 radical (unpaired) electrons. The lowest BCUT2D eigenvalue weighted by Gasteiger charge is -2.14. The molecule has 0 atom stereocenters. The van der Waals surface area contributed by atoms with Crippen molar-refractivity contribution in [1.29, 1.82) is 0 Å². The maximum Gasteiger partial charge on any atom is 0.270 e. The van der Waals surface area contributed by atoms with Crippen molar-refractivity contribution in [3.05, 3.63) is 63.7 Å². The number of benzene rings is 1. The third-order valence-electron chi connectivity index (χ3n) is 3.17. The van der Waals surface area contributed by atoms with Crippen molar-refractivity contribution in [1.82, 2.24) is 14.9 Å². The van der Waals surface area contributed by atoms with E-state index < -0.39 is 4.92 Å². The number of carbonyl (C=O) groups excluding carboxylic acids is 1. The Morgan fingerprint density at radius 1 is 1.35 bits per heavy atom. The van der Waals surface area contributed by atoms with Crippen LogP contribution in [0.25, 0.3) is 0 Å². The average Bonchev–Trinajstić information content (AvgIpc) is 2.90. The third-order valence-corrected chi connectivity index (χ3v) is 3.17. The maximum atomic E-state index is 12.3. The maximum absolute atomic E-state index is 12.3. The fourth-order valence-corrected chi connectivity index (χ4v) is 2.18. The van der Waals surface area contributed by atoms with Crippen LogP contribution in [0.15, 0.2) is 36.8 Å². The molecule has 1 aliphatic rings. The van der Waals surface area contributed by atoms with Gasteiger partial charge in [0.2, 0.25) is 0 Å². The second kappa shape index (κ2) is 4.69. The first-order valence-corrected chi connectivity index (χ1v) is 5.96. The molecule has 1 aromatic heterocycles. The van der Waals surface area contributed by atoms with Crippen LogP contribution >= 0.6 is 0 Å². The van der Waals surface area contributed by atoms with Crippen molar-refractivity contribution in [2.75, 3.05) is 0 Å². The predicted octanol–water partition coefficient (Wildman–Crippen LogP) is 1.54. The first kappa shape index (κ1) is 12.2. The smallest absolute Gasteiger partial charge is 0.270 e. The average molecular weight is 270 g/mol. The largest absolute Gasteiger partial charge is 0.328 e. The summed E-state index contributed by atoms with van der Waals surface area (Å²) in [5, 5.41) is 10.7. The number of rotatable bonds is 2. The van der Waals surface area contributed by atoms with E-state index in [-0.39, 0.29) is 11.6 Å². The normalized spacial score (nSPS) is 13.1. The molecule has 0 N–H and O–H groups in total. The van der Waals surface area contributed by atoms with Crippen molar-refractivity contribution in [3.8, 4) is 0 Å². The first-order valence-electron chi connectivity index (χ1n) is 5.96. The summed E-state index contributed by atoms with van der Waals surface area (Å²) in [7, 11) is 0. The minimum atomic E-state index is -0.513. The summed E-state index contributed by atoms with van der Waals surface area (Å²) in [6.07, 6.45) is 3.13. The highest BCUT2D eigenvalue weighted by atomic mass is 16.6. The number of hydrogen-bond acceptors (Lipinski definition) is 5. The van der Waals surface area contributed by atoms with Crippen molar-refractivity contribution in [2.24, 2.45) is 0 Å². The summed E-state index contributed by atoms with van der Waals surface area (Å²) < 4.78 is 0. The van der Waals surface area contributed by atoms with E-state index >= 15 is 0 Å². The molecule has 20 heavy (non-hydrogen) atoms. The summed E-state index contributed by atoms with van der Waals surface area (Å²) in [6.45, 7) is 0.830. The van der Waals surface area contributed by atoms with E-state index in [0.717, 1.165) is 11.3 Å². The van der Waals surface area contributed by atoms with Gasteiger partial charge in [-0.3, -0.25) is 14.9 Å². The Bertz CT molecular complexity index is 677. The molecule has 1 amide bonds. The van der Waals surface area contributed by atoms with E-state index in [1.165, 1.54) is 24.5 Å². The minimum absolute atomic E-state index is 0.0904. The number of carbonyl (C=O) groups is 1. The van der Waals surface area contributed by atoms with Gasteiger partial charge in [-0.05, 0) is 6.07 Å². The summed E-state index contributed by atoms with van der Waals surface area (Å²) in [5.74, 6) is -0.244. The van der Waals surface area contributed by atoms with Gasteiger partial charge in [0.25, 0.3) is 11.6 Å². The SMILES string of the molecule is O=C(c1cccc([N+](=O)[O-])c1)N1Cc2cncnc2C1. The van der Waals surface area contributed by atoms with E-state index in [4.69, 9.17) is 0 Å². The van der Waals surface area contributed by atoms with E-state index in [1.807, 2.05) is 0 Å². The van der Waals surface area contributed by atoms with Crippen LogP contribution in [0, 0.1) is 10.1 Å². The lowest BCUT2D eigenvalue weighted by Crippen LogP contribution is -2.25. The molecule has 2 heterocycles. The number of fused-ring (bicyclic) bond motifs is 1. The van der Waals surface area contributed by atoms with Crippen LogP contribution < -0.4 is 0 Å². The van der Waals surface area contributed by atoms with Gasteiger partial charge in [0.05, 0.1) is 17.2 Å². The highest BCUT2D eigenvalue weighted by Crippen LogP contribution is 2.22. The first-order chi connectivity index (χ1) is 9.65. The number of nitro benzene ring substituents is 1. The van der Waals surface area contributed by atoms with Crippen molar-refractivity contribution in [3.63, 3.8) is 0 Å². The number of nitrogens with zero attached hydrogens (tertiary/aromatic N) is 4. The second-order valence-corrected chi connectivity index (χ2v) is 4.46. The molecule has 7 nitrogen and oxygen atoms in total. The zero-order chi connectivity index (χ0) is 14.1. The van der Waals surface area contributed by atoms with Gasteiger partial charge in [-0.25, -0.2) is 9.97 Å². The van der Waals surface area contributed by atoms with Gasteiger partial charge in [0.15, 0.2) is 0 Å². The van der Waals surface area contributed by atoms with Crippen LogP contribution in [0.3, 0.4) is 0 Å². The van der Waals surface area contributed by atoms with E-state index in [9.17, 15) is 14.9 Å². The minimum Gasteiger partial charge on any atom is -0.328 e. The number of nitro groups is 1.